The summed E-state index contributed by atoms with van der Waals surface area (Å²) in [6.07, 6.45) is -1.45. The van der Waals surface area contributed by atoms with Gasteiger partial charge in [0.15, 0.2) is 5.65 Å². The summed E-state index contributed by atoms with van der Waals surface area (Å²) in [4.78, 5) is 0. The normalized spacial score (nSPS) is 23.4. The zero-order valence-corrected chi connectivity index (χ0v) is 11.0. The summed E-state index contributed by atoms with van der Waals surface area (Å²) in [6.45, 7) is 0. The lowest BCUT2D eigenvalue weighted by Crippen LogP contribution is -2.32. The summed E-state index contributed by atoms with van der Waals surface area (Å²) in [5.74, 6) is -1.03. The van der Waals surface area contributed by atoms with E-state index >= 15 is 0 Å². The van der Waals surface area contributed by atoms with Crippen LogP contribution in [-0.4, -0.2) is 32.0 Å². The molecule has 1 aliphatic rings. The average Bonchev–Trinajstić information content (AvgIpc) is 2.84. The van der Waals surface area contributed by atoms with Crippen LogP contribution < -0.4 is 10.5 Å². The Labute approximate surface area is 118 Å². The molecule has 0 bridgehead atoms. The number of fused-ring (bicyclic) bond motifs is 1. The van der Waals surface area contributed by atoms with Crippen LogP contribution >= 0.6 is 0 Å². The van der Waals surface area contributed by atoms with Gasteiger partial charge in [0.1, 0.15) is 6.10 Å². The van der Waals surface area contributed by atoms with Crippen molar-refractivity contribution < 1.29 is 17.9 Å². The first-order valence-electron chi connectivity index (χ1n) is 6.65. The number of alkyl halides is 3. The maximum absolute atomic E-state index is 12.8. The van der Waals surface area contributed by atoms with Crippen molar-refractivity contribution in [2.24, 2.45) is 5.73 Å². The molecular weight excluding hydrogens is 287 g/mol. The van der Waals surface area contributed by atoms with Crippen molar-refractivity contribution in [1.82, 2.24) is 19.8 Å². The van der Waals surface area contributed by atoms with Crippen LogP contribution in [0, 0.1) is 0 Å². The van der Waals surface area contributed by atoms with Crippen molar-refractivity contribution >= 4 is 5.65 Å². The summed E-state index contributed by atoms with van der Waals surface area (Å²) >= 11 is 0. The maximum Gasteiger partial charge on any atom is 0.453 e. The molecular formula is C12H14F3N5O. The molecule has 2 N–H and O–H groups in total. The van der Waals surface area contributed by atoms with E-state index in [0.717, 1.165) is 25.7 Å². The van der Waals surface area contributed by atoms with E-state index < -0.39 is 12.0 Å². The Morgan fingerprint density at radius 1 is 1.14 bits per heavy atom. The molecule has 3 rings (SSSR count). The molecule has 0 unspecified atom stereocenters. The summed E-state index contributed by atoms with van der Waals surface area (Å²) < 4.78 is 44.6. The lowest BCUT2D eigenvalue weighted by atomic mass is 9.94. The third-order valence-electron chi connectivity index (χ3n) is 3.50. The lowest BCUT2D eigenvalue weighted by molar-refractivity contribution is -0.146. The van der Waals surface area contributed by atoms with Gasteiger partial charge in [0.05, 0.1) is 0 Å². The first kappa shape index (κ1) is 14.1. The fourth-order valence-electron chi connectivity index (χ4n) is 2.39. The second-order valence-electron chi connectivity index (χ2n) is 5.12. The number of nitrogens with zero attached hydrogens (tertiary/aromatic N) is 4. The van der Waals surface area contributed by atoms with Gasteiger partial charge in [0, 0.05) is 12.1 Å². The van der Waals surface area contributed by atoms with Crippen LogP contribution in [0.5, 0.6) is 5.88 Å². The quantitative estimate of drug-likeness (QED) is 0.915. The monoisotopic (exact) mass is 301 g/mol. The van der Waals surface area contributed by atoms with Crippen LogP contribution in [0.4, 0.5) is 13.2 Å². The highest BCUT2D eigenvalue weighted by Crippen LogP contribution is 2.28. The van der Waals surface area contributed by atoms with E-state index in [9.17, 15) is 13.2 Å². The molecule has 0 amide bonds. The van der Waals surface area contributed by atoms with Crippen LogP contribution in [0.2, 0.25) is 0 Å². The molecule has 2 aromatic heterocycles. The molecule has 0 spiro atoms. The molecule has 6 nitrogen and oxygen atoms in total. The van der Waals surface area contributed by atoms with Crippen LogP contribution in [0.25, 0.3) is 5.65 Å². The van der Waals surface area contributed by atoms with Crippen molar-refractivity contribution in [3.05, 3.63) is 18.0 Å². The third-order valence-corrected chi connectivity index (χ3v) is 3.50. The average molecular weight is 301 g/mol. The van der Waals surface area contributed by atoms with E-state index in [0.29, 0.717) is 4.52 Å². The summed E-state index contributed by atoms with van der Waals surface area (Å²) in [6, 6.07) is 3.08. The predicted molar refractivity (Wildman–Crippen MR) is 66.6 cm³/mol. The minimum absolute atomic E-state index is 0.0281. The zero-order chi connectivity index (χ0) is 15.0. The highest BCUT2D eigenvalue weighted by atomic mass is 19.4. The molecule has 21 heavy (non-hydrogen) atoms. The second-order valence-corrected chi connectivity index (χ2v) is 5.12. The van der Waals surface area contributed by atoms with Crippen LogP contribution in [0.1, 0.15) is 31.5 Å². The third kappa shape index (κ3) is 2.92. The number of hydrogen-bond donors (Lipinski definition) is 1. The Bertz CT molecular complexity index is 633. The van der Waals surface area contributed by atoms with E-state index in [1.165, 1.54) is 12.1 Å². The highest BCUT2D eigenvalue weighted by molar-refractivity contribution is 5.37. The zero-order valence-electron chi connectivity index (χ0n) is 11.0. The molecule has 0 saturated heterocycles. The second kappa shape index (κ2) is 5.14. The minimum Gasteiger partial charge on any atom is -0.473 e. The van der Waals surface area contributed by atoms with Gasteiger partial charge in [-0.15, -0.1) is 15.3 Å². The summed E-state index contributed by atoms with van der Waals surface area (Å²) in [5, 5.41) is 10.4. The van der Waals surface area contributed by atoms with Crippen LogP contribution in [0.3, 0.4) is 0 Å². The molecule has 2 aromatic rings. The SMILES string of the molecule is NC1CCC(Oc2ccc3nnc(C(F)(F)F)n3n2)CC1. The van der Waals surface area contributed by atoms with E-state index in [1.807, 2.05) is 0 Å². The Kier molecular flexibility index (Phi) is 3.44. The number of aromatic nitrogens is 4. The number of halogens is 3. The fourth-order valence-corrected chi connectivity index (χ4v) is 2.39. The van der Waals surface area contributed by atoms with Crippen LogP contribution in [-0.2, 0) is 6.18 Å². The molecule has 1 aliphatic carbocycles. The smallest absolute Gasteiger partial charge is 0.453 e. The lowest BCUT2D eigenvalue weighted by Gasteiger charge is -2.26. The van der Waals surface area contributed by atoms with Crippen molar-refractivity contribution in [1.29, 1.82) is 0 Å². The van der Waals surface area contributed by atoms with Crippen molar-refractivity contribution in [3.63, 3.8) is 0 Å². The molecule has 1 saturated carbocycles. The molecule has 114 valence electrons. The van der Waals surface area contributed by atoms with E-state index in [1.54, 1.807) is 0 Å². The first-order valence-corrected chi connectivity index (χ1v) is 6.65. The molecule has 9 heteroatoms. The van der Waals surface area contributed by atoms with Gasteiger partial charge in [-0.2, -0.15) is 17.7 Å². The van der Waals surface area contributed by atoms with Gasteiger partial charge in [-0.1, -0.05) is 0 Å². The van der Waals surface area contributed by atoms with E-state index in [4.69, 9.17) is 10.5 Å². The Morgan fingerprint density at radius 2 is 1.86 bits per heavy atom. The predicted octanol–water partition coefficient (Wildman–Crippen LogP) is 1.79. The van der Waals surface area contributed by atoms with Crippen molar-refractivity contribution in [3.8, 4) is 5.88 Å². The highest BCUT2D eigenvalue weighted by Gasteiger charge is 2.37. The van der Waals surface area contributed by atoms with Crippen molar-refractivity contribution in [2.45, 2.75) is 44.0 Å². The van der Waals surface area contributed by atoms with Gasteiger partial charge >= 0.3 is 6.18 Å². The Morgan fingerprint density at radius 3 is 2.52 bits per heavy atom. The summed E-state index contributed by atoms with van der Waals surface area (Å²) in [5.41, 5.74) is 5.83. The van der Waals surface area contributed by atoms with Crippen molar-refractivity contribution in [2.75, 3.05) is 0 Å². The first-order chi connectivity index (χ1) is 9.93. The number of rotatable bonds is 2. The largest absolute Gasteiger partial charge is 0.473 e. The fraction of sp³-hybridized carbons (Fsp3) is 0.583. The topological polar surface area (TPSA) is 78.3 Å². The molecule has 0 atom stereocenters. The molecule has 2 heterocycles. The van der Waals surface area contributed by atoms with Gasteiger partial charge in [0.2, 0.25) is 5.88 Å². The molecule has 0 radical (unpaired) electrons. The van der Waals surface area contributed by atoms with Gasteiger partial charge in [-0.3, -0.25) is 0 Å². The standard InChI is InChI=1S/C12H14F3N5O/c13-12(14,15)11-18-17-9-5-6-10(19-20(9)11)21-8-3-1-7(16)2-4-8/h5-8H,1-4,16H2. The molecule has 0 aromatic carbocycles. The summed E-state index contributed by atoms with van der Waals surface area (Å²) in [7, 11) is 0. The van der Waals surface area contributed by atoms with E-state index in [2.05, 4.69) is 15.3 Å². The number of hydrogen-bond acceptors (Lipinski definition) is 5. The number of ether oxygens (including phenoxy) is 1. The van der Waals surface area contributed by atoms with Crippen LogP contribution in [0.15, 0.2) is 12.1 Å². The minimum atomic E-state index is -4.61. The number of nitrogens with two attached hydrogens (primary N) is 1. The van der Waals surface area contributed by atoms with Gasteiger partial charge in [-0.25, -0.2) is 0 Å². The van der Waals surface area contributed by atoms with E-state index in [-0.39, 0.29) is 23.7 Å². The van der Waals surface area contributed by atoms with Gasteiger partial charge in [-0.05, 0) is 31.7 Å². The maximum atomic E-state index is 12.8. The Hall–Kier alpha value is -1.90. The molecule has 1 fully saturated rings. The molecule has 0 aliphatic heterocycles. The Balaban J connectivity index is 1.83. The van der Waals surface area contributed by atoms with Gasteiger partial charge in [0.25, 0.3) is 5.82 Å². The van der Waals surface area contributed by atoms with Gasteiger partial charge < -0.3 is 10.5 Å².